The lowest BCUT2D eigenvalue weighted by Gasteiger charge is -1.95. The first-order valence-corrected chi connectivity index (χ1v) is 4.56. The monoisotopic (exact) mass is 176 g/mol. The van der Waals surface area contributed by atoms with Crippen molar-refractivity contribution in [2.75, 3.05) is 6.26 Å². The Morgan fingerprint density at radius 2 is 2.18 bits per heavy atom. The third kappa shape index (κ3) is 1.70. The lowest BCUT2D eigenvalue weighted by atomic mass is 10.6. The van der Waals surface area contributed by atoms with Gasteiger partial charge in [0.05, 0.1) is 6.20 Å². The van der Waals surface area contributed by atoms with Crippen LogP contribution in [0.25, 0.3) is 0 Å². The zero-order valence-corrected chi connectivity index (χ0v) is 6.47. The van der Waals surface area contributed by atoms with Gasteiger partial charge < -0.3 is 0 Å². The molecule has 0 saturated carbocycles. The van der Waals surface area contributed by atoms with Crippen molar-refractivity contribution in [2.24, 2.45) is 0 Å². The molecular weight excluding hydrogens is 171 g/mol. The molecule has 0 amide bonds. The van der Waals surface area contributed by atoms with Gasteiger partial charge in [-0.3, -0.25) is 0 Å². The van der Waals surface area contributed by atoms with Gasteiger partial charge in [-0.2, -0.15) is 0 Å². The molecule has 60 valence electrons. The molecule has 0 aliphatic rings. The van der Waals surface area contributed by atoms with E-state index in [0.29, 0.717) is 0 Å². The highest BCUT2D eigenvalue weighted by Gasteiger charge is 2.14. The van der Waals surface area contributed by atoms with Crippen molar-refractivity contribution in [1.82, 2.24) is 9.97 Å². The summed E-state index contributed by atoms with van der Waals surface area (Å²) in [5.74, 6) is -0.921. The van der Waals surface area contributed by atoms with Crippen molar-refractivity contribution in [1.29, 1.82) is 0 Å². The molecular formula is C5H5FN2O2S. The molecule has 0 aliphatic heterocycles. The number of aromatic nitrogens is 2. The SMILES string of the molecule is CS(=O)(=O)c1ncncc1F. The number of nitrogens with zero attached hydrogens (tertiary/aromatic N) is 2. The zero-order valence-electron chi connectivity index (χ0n) is 5.65. The van der Waals surface area contributed by atoms with Crippen molar-refractivity contribution < 1.29 is 12.8 Å². The van der Waals surface area contributed by atoms with E-state index in [1.807, 2.05) is 0 Å². The van der Waals surface area contributed by atoms with Gasteiger partial charge in [0.1, 0.15) is 6.33 Å². The van der Waals surface area contributed by atoms with E-state index in [2.05, 4.69) is 9.97 Å². The molecule has 1 heterocycles. The summed E-state index contributed by atoms with van der Waals surface area (Å²) in [7, 11) is -3.56. The molecule has 6 heteroatoms. The van der Waals surface area contributed by atoms with E-state index >= 15 is 0 Å². The molecule has 4 nitrogen and oxygen atoms in total. The van der Waals surface area contributed by atoms with Crippen LogP contribution in [0.2, 0.25) is 0 Å². The summed E-state index contributed by atoms with van der Waals surface area (Å²) in [6, 6.07) is 0. The van der Waals surface area contributed by atoms with E-state index in [4.69, 9.17) is 0 Å². The van der Waals surface area contributed by atoms with Crippen LogP contribution in [0.4, 0.5) is 4.39 Å². The maximum atomic E-state index is 12.6. The second-order valence-electron chi connectivity index (χ2n) is 1.95. The van der Waals surface area contributed by atoms with Crippen molar-refractivity contribution >= 4 is 9.84 Å². The van der Waals surface area contributed by atoms with E-state index in [9.17, 15) is 12.8 Å². The number of hydrogen-bond acceptors (Lipinski definition) is 4. The standard InChI is InChI=1S/C5H5FN2O2S/c1-11(9,10)5-4(6)2-7-3-8-5/h2-3H,1H3. The average molecular weight is 176 g/mol. The predicted molar refractivity (Wildman–Crippen MR) is 35.1 cm³/mol. The molecule has 1 aromatic heterocycles. The highest BCUT2D eigenvalue weighted by Crippen LogP contribution is 2.07. The zero-order chi connectivity index (χ0) is 8.48. The van der Waals surface area contributed by atoms with Gasteiger partial charge in [0.25, 0.3) is 0 Å². The fourth-order valence-corrected chi connectivity index (χ4v) is 1.22. The Labute approximate surface area is 63.0 Å². The Hall–Kier alpha value is -1.04. The summed E-state index contributed by atoms with van der Waals surface area (Å²) < 4.78 is 34.0. The van der Waals surface area contributed by atoms with E-state index in [1.165, 1.54) is 0 Å². The van der Waals surface area contributed by atoms with Crippen LogP contribution in [-0.4, -0.2) is 24.6 Å². The van der Waals surface area contributed by atoms with Crippen LogP contribution >= 0.6 is 0 Å². The van der Waals surface area contributed by atoms with E-state index in [-0.39, 0.29) is 0 Å². The second-order valence-corrected chi connectivity index (χ2v) is 3.88. The fraction of sp³-hybridized carbons (Fsp3) is 0.200. The molecule has 0 aromatic carbocycles. The minimum Gasteiger partial charge on any atom is -0.242 e. The van der Waals surface area contributed by atoms with Crippen LogP contribution in [0.5, 0.6) is 0 Å². The third-order valence-electron chi connectivity index (χ3n) is 0.985. The molecule has 0 radical (unpaired) electrons. The maximum absolute atomic E-state index is 12.6. The Bertz CT molecular complexity index is 363. The first-order valence-electron chi connectivity index (χ1n) is 2.67. The Balaban J connectivity index is 3.37. The quantitative estimate of drug-likeness (QED) is 0.566. The molecule has 0 atom stereocenters. The number of halogens is 1. The van der Waals surface area contributed by atoms with Crippen LogP contribution in [0.15, 0.2) is 17.6 Å². The van der Waals surface area contributed by atoms with Crippen LogP contribution < -0.4 is 0 Å². The minimum atomic E-state index is -3.56. The molecule has 1 aromatic rings. The number of sulfone groups is 1. The van der Waals surface area contributed by atoms with Crippen LogP contribution in [0.1, 0.15) is 0 Å². The van der Waals surface area contributed by atoms with Crippen LogP contribution in [0, 0.1) is 5.82 Å². The van der Waals surface area contributed by atoms with Crippen molar-refractivity contribution in [3.05, 3.63) is 18.3 Å². The molecule has 0 unspecified atom stereocenters. The van der Waals surface area contributed by atoms with Crippen molar-refractivity contribution in [3.63, 3.8) is 0 Å². The lowest BCUT2D eigenvalue weighted by Crippen LogP contribution is -2.03. The molecule has 0 bridgehead atoms. The van der Waals surface area contributed by atoms with Crippen molar-refractivity contribution in [2.45, 2.75) is 5.03 Å². The second kappa shape index (κ2) is 2.54. The van der Waals surface area contributed by atoms with Crippen LogP contribution in [-0.2, 0) is 9.84 Å². The van der Waals surface area contributed by atoms with Gasteiger partial charge in [-0.1, -0.05) is 0 Å². The van der Waals surface area contributed by atoms with Gasteiger partial charge in [0.15, 0.2) is 20.7 Å². The summed E-state index contributed by atoms with van der Waals surface area (Å²) >= 11 is 0. The van der Waals surface area contributed by atoms with Gasteiger partial charge in [0, 0.05) is 6.26 Å². The third-order valence-corrected chi connectivity index (χ3v) is 1.99. The van der Waals surface area contributed by atoms with E-state index < -0.39 is 20.7 Å². The summed E-state index contributed by atoms with van der Waals surface area (Å²) in [6.07, 6.45) is 2.68. The van der Waals surface area contributed by atoms with Gasteiger partial charge in [0.2, 0.25) is 0 Å². The largest absolute Gasteiger partial charge is 0.242 e. The summed E-state index contributed by atoms with van der Waals surface area (Å²) in [5.41, 5.74) is 0. The van der Waals surface area contributed by atoms with Gasteiger partial charge in [-0.05, 0) is 0 Å². The maximum Gasteiger partial charge on any atom is 0.195 e. The smallest absolute Gasteiger partial charge is 0.195 e. The predicted octanol–water partition coefficient (Wildman–Crippen LogP) is 0.0192. The highest BCUT2D eigenvalue weighted by molar-refractivity contribution is 7.90. The molecule has 0 aliphatic carbocycles. The van der Waals surface area contributed by atoms with Crippen molar-refractivity contribution in [3.8, 4) is 0 Å². The molecule has 0 saturated heterocycles. The normalized spacial score (nSPS) is 11.5. The topological polar surface area (TPSA) is 59.9 Å². The van der Waals surface area contributed by atoms with Gasteiger partial charge in [-0.25, -0.2) is 22.8 Å². The Morgan fingerprint density at radius 3 is 2.55 bits per heavy atom. The summed E-state index contributed by atoms with van der Waals surface area (Å²) in [4.78, 5) is 6.58. The summed E-state index contributed by atoms with van der Waals surface area (Å²) in [6.45, 7) is 0. The Morgan fingerprint density at radius 1 is 1.55 bits per heavy atom. The molecule has 1 rings (SSSR count). The Kier molecular flexibility index (Phi) is 1.86. The molecule has 0 fully saturated rings. The average Bonchev–Trinajstić information content (AvgIpc) is 1.86. The van der Waals surface area contributed by atoms with Gasteiger partial charge in [-0.15, -0.1) is 0 Å². The molecule has 11 heavy (non-hydrogen) atoms. The number of rotatable bonds is 1. The van der Waals surface area contributed by atoms with E-state index in [1.54, 1.807) is 0 Å². The number of hydrogen-bond donors (Lipinski definition) is 0. The van der Waals surface area contributed by atoms with E-state index in [0.717, 1.165) is 18.8 Å². The molecule has 0 N–H and O–H groups in total. The first-order chi connectivity index (χ1) is 5.02. The summed E-state index contributed by atoms with van der Waals surface area (Å²) in [5, 5.41) is -0.562. The highest BCUT2D eigenvalue weighted by atomic mass is 32.2. The minimum absolute atomic E-state index is 0.562. The van der Waals surface area contributed by atoms with Crippen LogP contribution in [0.3, 0.4) is 0 Å². The molecule has 0 spiro atoms. The lowest BCUT2D eigenvalue weighted by molar-refractivity contribution is 0.551. The fourth-order valence-electron chi connectivity index (χ4n) is 0.574. The first kappa shape index (κ1) is 8.06. The van der Waals surface area contributed by atoms with Gasteiger partial charge >= 0.3 is 0 Å².